The molecular formula is C18H11Br2ClN2O3. The van der Waals surface area contributed by atoms with E-state index >= 15 is 0 Å². The number of anilines is 1. The molecule has 3 aromatic rings. The molecule has 1 amide bonds. The van der Waals surface area contributed by atoms with Crippen molar-refractivity contribution < 1.29 is 14.3 Å². The molecule has 0 aliphatic carbocycles. The van der Waals surface area contributed by atoms with Crippen molar-refractivity contribution in [2.45, 2.75) is 0 Å². The predicted molar refractivity (Wildman–Crippen MR) is 109 cm³/mol. The Labute approximate surface area is 171 Å². The van der Waals surface area contributed by atoms with Gasteiger partial charge in [-0.25, -0.2) is 0 Å². The molecule has 3 rings (SSSR count). The number of nitrogens with one attached hydrogen (secondary N) is 1. The monoisotopic (exact) mass is 496 g/mol. The quantitative estimate of drug-likeness (QED) is 0.423. The van der Waals surface area contributed by atoms with Gasteiger partial charge >= 0.3 is 0 Å². The van der Waals surface area contributed by atoms with Crippen LogP contribution in [0.5, 0.6) is 5.75 Å². The summed E-state index contributed by atoms with van der Waals surface area (Å²) >= 11 is 12.8. The number of furan rings is 1. The van der Waals surface area contributed by atoms with Crippen molar-refractivity contribution in [2.75, 3.05) is 5.32 Å². The Balaban J connectivity index is 1.78. The number of amides is 1. The first kappa shape index (κ1) is 18.7. The Morgan fingerprint density at radius 3 is 2.73 bits per heavy atom. The number of hydrogen-bond donors (Lipinski definition) is 2. The molecule has 26 heavy (non-hydrogen) atoms. The van der Waals surface area contributed by atoms with Gasteiger partial charge in [0.1, 0.15) is 5.75 Å². The Hall–Kier alpha value is -2.09. The largest absolute Gasteiger partial charge is 0.506 e. The zero-order valence-electron chi connectivity index (χ0n) is 13.0. The summed E-state index contributed by atoms with van der Waals surface area (Å²) in [5.74, 6) is -0.110. The number of halogens is 3. The second-order valence-corrected chi connectivity index (χ2v) is 7.36. The lowest BCUT2D eigenvalue weighted by Gasteiger charge is -2.06. The number of rotatable bonds is 4. The molecule has 0 atom stereocenters. The Morgan fingerprint density at radius 1 is 1.23 bits per heavy atom. The number of hydrogen-bond acceptors (Lipinski definition) is 4. The molecular weight excluding hydrogens is 487 g/mol. The Bertz CT molecular complexity index is 988. The van der Waals surface area contributed by atoms with Crippen LogP contribution in [0.25, 0.3) is 0 Å². The number of phenolic OH excluding ortho intramolecular Hbond substituents is 1. The molecule has 0 spiro atoms. The van der Waals surface area contributed by atoms with E-state index in [1.165, 1.54) is 12.5 Å². The summed E-state index contributed by atoms with van der Waals surface area (Å²) in [4.78, 5) is 16.3. The van der Waals surface area contributed by atoms with E-state index in [1.54, 1.807) is 42.5 Å². The van der Waals surface area contributed by atoms with Gasteiger partial charge in [-0.1, -0.05) is 27.5 Å². The van der Waals surface area contributed by atoms with Crippen molar-refractivity contribution in [3.63, 3.8) is 0 Å². The van der Waals surface area contributed by atoms with Crippen LogP contribution in [0.15, 0.2) is 67.1 Å². The molecule has 0 unspecified atom stereocenters. The maximum absolute atomic E-state index is 12.0. The first-order chi connectivity index (χ1) is 12.4. The maximum atomic E-state index is 12.0. The van der Waals surface area contributed by atoms with Gasteiger partial charge in [-0.05, 0) is 58.4 Å². The molecule has 1 aromatic heterocycles. The summed E-state index contributed by atoms with van der Waals surface area (Å²) in [6.07, 6.45) is 2.95. The van der Waals surface area contributed by atoms with Crippen LogP contribution in [0.4, 0.5) is 11.4 Å². The second kappa shape index (κ2) is 8.07. The standard InChI is InChI=1S/C18H11Br2ClN2O3/c19-11-6-10(17(24)13(20)7-11)9-22-12-3-4-15(14(21)8-12)23-18(25)16-2-1-5-26-16/h1-9,24H,(H,23,25). The van der Waals surface area contributed by atoms with Crippen LogP contribution in [-0.4, -0.2) is 17.2 Å². The van der Waals surface area contributed by atoms with Crippen LogP contribution < -0.4 is 5.32 Å². The second-order valence-electron chi connectivity index (χ2n) is 5.18. The van der Waals surface area contributed by atoms with Gasteiger partial charge in [0.05, 0.1) is 27.1 Å². The summed E-state index contributed by atoms with van der Waals surface area (Å²) < 4.78 is 6.40. The number of aromatic hydroxyl groups is 1. The third-order valence-electron chi connectivity index (χ3n) is 3.36. The first-order valence-corrected chi connectivity index (χ1v) is 9.27. The number of nitrogens with zero attached hydrogens (tertiary/aromatic N) is 1. The fourth-order valence-electron chi connectivity index (χ4n) is 2.11. The average molecular weight is 499 g/mol. The van der Waals surface area contributed by atoms with Gasteiger partial charge in [0, 0.05) is 16.3 Å². The van der Waals surface area contributed by atoms with Crippen molar-refractivity contribution in [3.05, 3.63) is 74.0 Å². The molecule has 1 heterocycles. The zero-order valence-corrected chi connectivity index (χ0v) is 17.0. The topological polar surface area (TPSA) is 74.8 Å². The van der Waals surface area contributed by atoms with Gasteiger partial charge in [0.2, 0.25) is 0 Å². The van der Waals surface area contributed by atoms with Crippen molar-refractivity contribution in [2.24, 2.45) is 4.99 Å². The molecule has 0 saturated carbocycles. The molecule has 0 radical (unpaired) electrons. The maximum Gasteiger partial charge on any atom is 0.291 e. The minimum atomic E-state index is -0.392. The van der Waals surface area contributed by atoms with Crippen molar-refractivity contribution in [3.8, 4) is 5.75 Å². The lowest BCUT2D eigenvalue weighted by atomic mass is 10.2. The highest BCUT2D eigenvalue weighted by Gasteiger charge is 2.11. The number of aliphatic imine (C=N–C) groups is 1. The van der Waals surface area contributed by atoms with Crippen molar-refractivity contribution in [1.82, 2.24) is 0 Å². The minimum Gasteiger partial charge on any atom is -0.506 e. The smallest absolute Gasteiger partial charge is 0.291 e. The van der Waals surface area contributed by atoms with E-state index in [0.717, 1.165) is 4.47 Å². The van der Waals surface area contributed by atoms with Gasteiger partial charge in [0.25, 0.3) is 5.91 Å². The fourth-order valence-corrected chi connectivity index (χ4v) is 3.59. The Kier molecular flexibility index (Phi) is 5.80. The molecule has 0 bridgehead atoms. The van der Waals surface area contributed by atoms with E-state index in [4.69, 9.17) is 16.0 Å². The van der Waals surface area contributed by atoms with E-state index in [-0.39, 0.29) is 11.5 Å². The highest BCUT2D eigenvalue weighted by molar-refractivity contribution is 9.11. The fraction of sp³-hybridized carbons (Fsp3) is 0. The van der Waals surface area contributed by atoms with Crippen LogP contribution in [0, 0.1) is 0 Å². The van der Waals surface area contributed by atoms with E-state index in [2.05, 4.69) is 42.2 Å². The molecule has 0 fully saturated rings. The number of benzene rings is 2. The predicted octanol–water partition coefficient (Wildman–Crippen LogP) is 6.17. The lowest BCUT2D eigenvalue weighted by molar-refractivity contribution is 0.0996. The van der Waals surface area contributed by atoms with Gasteiger partial charge < -0.3 is 14.8 Å². The van der Waals surface area contributed by atoms with Crippen LogP contribution in [-0.2, 0) is 0 Å². The van der Waals surface area contributed by atoms with Crippen LogP contribution in [0.3, 0.4) is 0 Å². The van der Waals surface area contributed by atoms with Gasteiger partial charge in [-0.2, -0.15) is 0 Å². The molecule has 5 nitrogen and oxygen atoms in total. The molecule has 2 aromatic carbocycles. The lowest BCUT2D eigenvalue weighted by Crippen LogP contribution is -2.10. The highest BCUT2D eigenvalue weighted by atomic mass is 79.9. The summed E-state index contributed by atoms with van der Waals surface area (Å²) in [6.45, 7) is 0. The summed E-state index contributed by atoms with van der Waals surface area (Å²) in [6, 6.07) is 11.6. The molecule has 8 heteroatoms. The number of carbonyl (C=O) groups excluding carboxylic acids is 1. The SMILES string of the molecule is O=C(Nc1ccc(N=Cc2cc(Br)cc(Br)c2O)cc1Cl)c1ccco1. The first-order valence-electron chi connectivity index (χ1n) is 7.30. The minimum absolute atomic E-state index is 0.0883. The van der Waals surface area contributed by atoms with E-state index < -0.39 is 5.91 Å². The van der Waals surface area contributed by atoms with Crippen LogP contribution in [0.1, 0.15) is 16.1 Å². The van der Waals surface area contributed by atoms with Crippen molar-refractivity contribution in [1.29, 1.82) is 0 Å². The molecule has 0 aliphatic rings. The molecule has 0 saturated heterocycles. The molecule has 0 aliphatic heterocycles. The molecule has 132 valence electrons. The average Bonchev–Trinajstić information content (AvgIpc) is 3.13. The third-order valence-corrected chi connectivity index (χ3v) is 4.73. The molecule has 2 N–H and O–H groups in total. The van der Waals surface area contributed by atoms with Gasteiger partial charge in [-0.15, -0.1) is 0 Å². The van der Waals surface area contributed by atoms with Gasteiger partial charge in [0.15, 0.2) is 5.76 Å². The van der Waals surface area contributed by atoms with E-state index in [9.17, 15) is 9.90 Å². The van der Waals surface area contributed by atoms with E-state index in [0.29, 0.717) is 26.4 Å². The third kappa shape index (κ3) is 4.35. The van der Waals surface area contributed by atoms with Crippen molar-refractivity contribution >= 4 is 67.0 Å². The highest BCUT2D eigenvalue weighted by Crippen LogP contribution is 2.32. The van der Waals surface area contributed by atoms with Crippen LogP contribution >= 0.6 is 43.5 Å². The summed E-state index contributed by atoms with van der Waals surface area (Å²) in [5, 5.41) is 13.0. The normalized spacial score (nSPS) is 11.0. The summed E-state index contributed by atoms with van der Waals surface area (Å²) in [5.41, 5.74) is 1.55. The Morgan fingerprint density at radius 2 is 2.04 bits per heavy atom. The van der Waals surface area contributed by atoms with Gasteiger partial charge in [-0.3, -0.25) is 9.79 Å². The summed E-state index contributed by atoms with van der Waals surface area (Å²) in [7, 11) is 0. The zero-order chi connectivity index (χ0) is 18.7. The number of carbonyl (C=O) groups is 1. The number of phenols is 1. The van der Waals surface area contributed by atoms with Crippen LogP contribution in [0.2, 0.25) is 5.02 Å². The van der Waals surface area contributed by atoms with E-state index in [1.807, 2.05) is 0 Å².